The van der Waals surface area contributed by atoms with Gasteiger partial charge < -0.3 is 15.4 Å². The van der Waals surface area contributed by atoms with E-state index in [1.54, 1.807) is 25.2 Å². The molecule has 1 heterocycles. The fraction of sp³-hybridized carbons (Fsp3) is 0.533. The smallest absolute Gasteiger partial charge is 0.251 e. The SMILES string of the molecule is CNC(=O)c1ccc(Cl)c(NC2CCOC(C)(C)C2)c1. The lowest BCUT2D eigenvalue weighted by Crippen LogP contribution is -2.40. The summed E-state index contributed by atoms with van der Waals surface area (Å²) in [7, 11) is 1.62. The molecule has 1 aliphatic heterocycles. The maximum absolute atomic E-state index is 11.7. The second-order valence-electron chi connectivity index (χ2n) is 5.72. The maximum Gasteiger partial charge on any atom is 0.251 e. The summed E-state index contributed by atoms with van der Waals surface area (Å²) in [6, 6.07) is 5.57. The average molecular weight is 297 g/mol. The predicted molar refractivity (Wildman–Crippen MR) is 81.5 cm³/mol. The monoisotopic (exact) mass is 296 g/mol. The van der Waals surface area contributed by atoms with Gasteiger partial charge in [0.15, 0.2) is 0 Å². The van der Waals surface area contributed by atoms with Crippen LogP contribution in [0.1, 0.15) is 37.0 Å². The Balaban J connectivity index is 2.14. The molecule has 1 amide bonds. The molecule has 2 rings (SSSR count). The lowest BCUT2D eigenvalue weighted by atomic mass is 9.93. The van der Waals surface area contributed by atoms with Gasteiger partial charge in [0.1, 0.15) is 0 Å². The van der Waals surface area contributed by atoms with Crippen molar-refractivity contribution in [3.63, 3.8) is 0 Å². The molecule has 0 saturated carbocycles. The molecular weight excluding hydrogens is 276 g/mol. The largest absolute Gasteiger partial charge is 0.381 e. The highest BCUT2D eigenvalue weighted by atomic mass is 35.5. The summed E-state index contributed by atoms with van der Waals surface area (Å²) in [6.07, 6.45) is 1.84. The van der Waals surface area contributed by atoms with Crippen LogP contribution in [0, 0.1) is 0 Å². The first-order valence-electron chi connectivity index (χ1n) is 6.83. The maximum atomic E-state index is 11.7. The molecule has 1 saturated heterocycles. The molecule has 5 heteroatoms. The van der Waals surface area contributed by atoms with Crippen LogP contribution in [-0.4, -0.2) is 31.2 Å². The molecule has 1 aliphatic rings. The van der Waals surface area contributed by atoms with Crippen LogP contribution >= 0.6 is 11.6 Å². The molecule has 1 unspecified atom stereocenters. The van der Waals surface area contributed by atoms with Gasteiger partial charge in [0.05, 0.1) is 16.3 Å². The van der Waals surface area contributed by atoms with Crippen molar-refractivity contribution in [2.45, 2.75) is 38.3 Å². The van der Waals surface area contributed by atoms with Crippen molar-refractivity contribution in [2.75, 3.05) is 19.0 Å². The fourth-order valence-corrected chi connectivity index (χ4v) is 2.67. The highest BCUT2D eigenvalue weighted by Gasteiger charge is 2.29. The lowest BCUT2D eigenvalue weighted by Gasteiger charge is -2.36. The van der Waals surface area contributed by atoms with E-state index in [9.17, 15) is 4.79 Å². The number of hydrogen-bond acceptors (Lipinski definition) is 3. The second kappa shape index (κ2) is 6.02. The number of benzene rings is 1. The minimum absolute atomic E-state index is 0.114. The number of carbonyl (C=O) groups excluding carboxylic acids is 1. The Hall–Kier alpha value is -1.26. The highest BCUT2D eigenvalue weighted by Crippen LogP contribution is 2.29. The normalized spacial score (nSPS) is 21.3. The molecule has 0 radical (unpaired) electrons. The van der Waals surface area contributed by atoms with Gasteiger partial charge in [-0.3, -0.25) is 4.79 Å². The Morgan fingerprint density at radius 3 is 2.85 bits per heavy atom. The number of hydrogen-bond donors (Lipinski definition) is 2. The van der Waals surface area contributed by atoms with E-state index in [-0.39, 0.29) is 11.5 Å². The third-order valence-electron chi connectivity index (χ3n) is 3.51. The molecule has 2 N–H and O–H groups in total. The number of amides is 1. The average Bonchev–Trinajstić information content (AvgIpc) is 2.39. The Labute approximate surface area is 124 Å². The van der Waals surface area contributed by atoms with Crippen LogP contribution in [-0.2, 0) is 4.74 Å². The van der Waals surface area contributed by atoms with E-state index in [1.165, 1.54) is 0 Å². The minimum Gasteiger partial charge on any atom is -0.381 e. The van der Waals surface area contributed by atoms with Gasteiger partial charge in [-0.15, -0.1) is 0 Å². The molecule has 110 valence electrons. The summed E-state index contributed by atoms with van der Waals surface area (Å²) < 4.78 is 5.71. The van der Waals surface area contributed by atoms with Crippen LogP contribution in [0.25, 0.3) is 0 Å². The summed E-state index contributed by atoms with van der Waals surface area (Å²) in [6.45, 7) is 4.91. The van der Waals surface area contributed by atoms with Crippen LogP contribution in [0.3, 0.4) is 0 Å². The molecule has 0 aliphatic carbocycles. The van der Waals surface area contributed by atoms with E-state index >= 15 is 0 Å². The Morgan fingerprint density at radius 2 is 2.20 bits per heavy atom. The van der Waals surface area contributed by atoms with E-state index in [2.05, 4.69) is 24.5 Å². The zero-order valence-electron chi connectivity index (χ0n) is 12.1. The number of nitrogens with one attached hydrogen (secondary N) is 2. The quantitative estimate of drug-likeness (QED) is 0.901. The van der Waals surface area contributed by atoms with Crippen molar-refractivity contribution < 1.29 is 9.53 Å². The van der Waals surface area contributed by atoms with Crippen molar-refractivity contribution in [2.24, 2.45) is 0 Å². The zero-order valence-corrected chi connectivity index (χ0v) is 12.9. The zero-order chi connectivity index (χ0) is 14.8. The Kier molecular flexibility index (Phi) is 4.55. The molecule has 20 heavy (non-hydrogen) atoms. The van der Waals surface area contributed by atoms with Gasteiger partial charge in [-0.1, -0.05) is 11.6 Å². The number of anilines is 1. The molecule has 0 bridgehead atoms. The van der Waals surface area contributed by atoms with Gasteiger partial charge in [-0.25, -0.2) is 0 Å². The molecule has 1 aromatic rings. The van der Waals surface area contributed by atoms with Gasteiger partial charge in [0.2, 0.25) is 0 Å². The molecule has 1 aromatic carbocycles. The van der Waals surface area contributed by atoms with Gasteiger partial charge in [0, 0.05) is 25.3 Å². The highest BCUT2D eigenvalue weighted by molar-refractivity contribution is 6.33. The van der Waals surface area contributed by atoms with Crippen molar-refractivity contribution in [1.29, 1.82) is 0 Å². The minimum atomic E-state index is -0.124. The predicted octanol–water partition coefficient (Wildman–Crippen LogP) is 3.07. The first-order chi connectivity index (χ1) is 9.41. The van der Waals surface area contributed by atoms with Gasteiger partial charge >= 0.3 is 0 Å². The van der Waals surface area contributed by atoms with Crippen LogP contribution in [0.5, 0.6) is 0 Å². The van der Waals surface area contributed by atoms with Crippen molar-refractivity contribution in [3.05, 3.63) is 28.8 Å². The number of rotatable bonds is 3. The van der Waals surface area contributed by atoms with Crippen LogP contribution in [0.2, 0.25) is 5.02 Å². The third kappa shape index (κ3) is 3.64. The van der Waals surface area contributed by atoms with E-state index in [4.69, 9.17) is 16.3 Å². The van der Waals surface area contributed by atoms with E-state index in [0.29, 0.717) is 16.6 Å². The molecule has 0 aromatic heterocycles. The number of halogens is 1. The Bertz CT molecular complexity index is 503. The van der Waals surface area contributed by atoms with Crippen LogP contribution in [0.4, 0.5) is 5.69 Å². The van der Waals surface area contributed by atoms with Crippen molar-refractivity contribution >= 4 is 23.2 Å². The standard InChI is InChI=1S/C15H21ClN2O2/c1-15(2)9-11(6-7-20-15)18-13-8-10(14(19)17-3)4-5-12(13)16/h4-5,8,11,18H,6-7,9H2,1-3H3,(H,17,19). The number of ether oxygens (including phenoxy) is 1. The summed E-state index contributed by atoms with van der Waals surface area (Å²) in [5, 5.41) is 6.67. The van der Waals surface area contributed by atoms with E-state index < -0.39 is 0 Å². The fourth-order valence-electron chi connectivity index (χ4n) is 2.50. The summed E-state index contributed by atoms with van der Waals surface area (Å²) in [5.41, 5.74) is 1.28. The van der Waals surface area contributed by atoms with Gasteiger partial charge in [0.25, 0.3) is 5.91 Å². The number of carbonyl (C=O) groups is 1. The van der Waals surface area contributed by atoms with E-state index in [1.807, 2.05) is 0 Å². The second-order valence-corrected chi connectivity index (χ2v) is 6.12. The molecule has 1 fully saturated rings. The molecule has 1 atom stereocenters. The topological polar surface area (TPSA) is 50.4 Å². The van der Waals surface area contributed by atoms with Crippen molar-refractivity contribution in [1.82, 2.24) is 5.32 Å². The van der Waals surface area contributed by atoms with Crippen LogP contribution < -0.4 is 10.6 Å². The molecule has 0 spiro atoms. The first-order valence-corrected chi connectivity index (χ1v) is 7.21. The Morgan fingerprint density at radius 1 is 1.45 bits per heavy atom. The van der Waals surface area contributed by atoms with Gasteiger partial charge in [-0.2, -0.15) is 0 Å². The van der Waals surface area contributed by atoms with Crippen LogP contribution in [0.15, 0.2) is 18.2 Å². The first kappa shape index (κ1) is 15.1. The summed E-state index contributed by atoms with van der Waals surface area (Å²) in [5.74, 6) is -0.114. The van der Waals surface area contributed by atoms with E-state index in [0.717, 1.165) is 25.1 Å². The lowest BCUT2D eigenvalue weighted by molar-refractivity contribution is -0.0553. The van der Waals surface area contributed by atoms with Crippen molar-refractivity contribution in [3.8, 4) is 0 Å². The summed E-state index contributed by atoms with van der Waals surface area (Å²) >= 11 is 6.21. The molecule has 4 nitrogen and oxygen atoms in total. The summed E-state index contributed by atoms with van der Waals surface area (Å²) in [4.78, 5) is 11.7. The molecular formula is C15H21ClN2O2. The van der Waals surface area contributed by atoms with Gasteiger partial charge in [-0.05, 0) is 44.9 Å². The third-order valence-corrected chi connectivity index (χ3v) is 3.84.